The summed E-state index contributed by atoms with van der Waals surface area (Å²) in [5, 5.41) is 0. The molecule has 216 valence electrons. The fourth-order valence-electron chi connectivity index (χ4n) is 11.2. The van der Waals surface area contributed by atoms with Gasteiger partial charge >= 0.3 is 0 Å². The van der Waals surface area contributed by atoms with Gasteiger partial charge < -0.3 is 0 Å². The molecule has 5 fully saturated rings. The predicted molar refractivity (Wildman–Crippen MR) is 164 cm³/mol. The maximum atomic E-state index is 2.62. The maximum absolute atomic E-state index is 2.62. The summed E-state index contributed by atoms with van der Waals surface area (Å²) in [6.45, 7) is 14.8. The van der Waals surface area contributed by atoms with Crippen LogP contribution in [0.4, 0.5) is 0 Å². The number of hydrogen-bond donors (Lipinski definition) is 0. The van der Waals surface area contributed by atoms with Gasteiger partial charge in [0.1, 0.15) is 0 Å². The lowest BCUT2D eigenvalue weighted by Gasteiger charge is -2.51. The Labute approximate surface area is 234 Å². The summed E-state index contributed by atoms with van der Waals surface area (Å²) in [7, 11) is 0. The zero-order valence-electron chi connectivity index (χ0n) is 26.4. The molecule has 0 heterocycles. The standard InChI is InChI=1S/C24H44.C13H24/c1-5-8-11-22-17(4)15-20-10-9-12-23(20)24(22)21-14-13-18(6-2)19(7-3)16-21;1-10-4-3-5-12(8-10)13-7-6-11(2)9-13/h17-24H,5-16H2,1-4H3;10-13H,3-9H2,1-2H3. The van der Waals surface area contributed by atoms with Gasteiger partial charge in [-0.25, -0.2) is 0 Å². The zero-order valence-corrected chi connectivity index (χ0v) is 26.4. The van der Waals surface area contributed by atoms with Crippen LogP contribution in [0.15, 0.2) is 0 Å². The van der Waals surface area contributed by atoms with Crippen LogP contribution in [-0.2, 0) is 0 Å². The zero-order chi connectivity index (χ0) is 26.4. The van der Waals surface area contributed by atoms with Crippen molar-refractivity contribution in [1.82, 2.24) is 0 Å². The van der Waals surface area contributed by atoms with E-state index in [0.717, 1.165) is 71.0 Å². The second-order valence-corrected chi connectivity index (χ2v) is 15.6. The molecule has 0 saturated heterocycles. The molecule has 0 aliphatic heterocycles. The lowest BCUT2D eigenvalue weighted by atomic mass is 9.55. The van der Waals surface area contributed by atoms with Crippen LogP contribution in [0.2, 0.25) is 0 Å². The van der Waals surface area contributed by atoms with E-state index in [2.05, 4.69) is 41.5 Å². The van der Waals surface area contributed by atoms with E-state index in [-0.39, 0.29) is 0 Å². The van der Waals surface area contributed by atoms with E-state index >= 15 is 0 Å². The average molecular weight is 513 g/mol. The first-order valence-corrected chi connectivity index (χ1v) is 17.9. The summed E-state index contributed by atoms with van der Waals surface area (Å²) < 4.78 is 0. The minimum Gasteiger partial charge on any atom is -0.0654 e. The minimum absolute atomic E-state index is 1.00. The maximum Gasteiger partial charge on any atom is -0.0324 e. The van der Waals surface area contributed by atoms with Crippen molar-refractivity contribution in [3.8, 4) is 0 Å². The first kappa shape index (κ1) is 30.0. The van der Waals surface area contributed by atoms with Crippen molar-refractivity contribution in [3.63, 3.8) is 0 Å². The van der Waals surface area contributed by atoms with Crippen molar-refractivity contribution in [3.05, 3.63) is 0 Å². The molecule has 12 unspecified atom stereocenters. The number of hydrogen-bond acceptors (Lipinski definition) is 0. The van der Waals surface area contributed by atoms with Crippen LogP contribution in [0.5, 0.6) is 0 Å². The third kappa shape index (κ3) is 7.60. The van der Waals surface area contributed by atoms with Crippen molar-refractivity contribution in [2.45, 2.75) is 164 Å². The normalized spacial score (nSPS) is 46.2. The van der Waals surface area contributed by atoms with Crippen LogP contribution in [0, 0.1) is 71.0 Å². The van der Waals surface area contributed by atoms with Crippen LogP contribution in [0.1, 0.15) is 164 Å². The highest BCUT2D eigenvalue weighted by Crippen LogP contribution is 2.57. The molecular formula is C37H68. The lowest BCUT2D eigenvalue weighted by Crippen LogP contribution is -2.43. The second-order valence-electron chi connectivity index (χ2n) is 15.6. The largest absolute Gasteiger partial charge is 0.0654 e. The Morgan fingerprint density at radius 1 is 0.541 bits per heavy atom. The Morgan fingerprint density at radius 2 is 1.19 bits per heavy atom. The van der Waals surface area contributed by atoms with E-state index in [0.29, 0.717) is 0 Å². The summed E-state index contributed by atoms with van der Waals surface area (Å²) >= 11 is 0. The van der Waals surface area contributed by atoms with Gasteiger partial charge in [0.05, 0.1) is 0 Å². The molecule has 0 aromatic heterocycles. The first-order valence-electron chi connectivity index (χ1n) is 17.9. The van der Waals surface area contributed by atoms with Gasteiger partial charge in [-0.1, -0.05) is 106 Å². The van der Waals surface area contributed by atoms with Crippen LogP contribution in [0.3, 0.4) is 0 Å². The second kappa shape index (κ2) is 14.6. The molecule has 0 aromatic carbocycles. The molecule has 0 heteroatoms. The van der Waals surface area contributed by atoms with E-state index in [9.17, 15) is 0 Å². The summed E-state index contributed by atoms with van der Waals surface area (Å²) in [6.07, 6.45) is 28.9. The molecule has 0 amide bonds. The molecular weight excluding hydrogens is 444 g/mol. The Hall–Kier alpha value is 0. The van der Waals surface area contributed by atoms with Crippen LogP contribution >= 0.6 is 0 Å². The summed E-state index contributed by atoms with van der Waals surface area (Å²) in [6, 6.07) is 0. The molecule has 0 radical (unpaired) electrons. The predicted octanol–water partition coefficient (Wildman–Crippen LogP) is 12.0. The van der Waals surface area contributed by atoms with Crippen molar-refractivity contribution >= 4 is 0 Å². The highest BCUT2D eigenvalue weighted by molar-refractivity contribution is 4.98. The monoisotopic (exact) mass is 513 g/mol. The lowest BCUT2D eigenvalue weighted by molar-refractivity contribution is -0.0149. The van der Waals surface area contributed by atoms with Crippen LogP contribution in [-0.4, -0.2) is 0 Å². The van der Waals surface area contributed by atoms with Gasteiger partial charge in [-0.15, -0.1) is 0 Å². The number of rotatable bonds is 7. The Kier molecular flexibility index (Phi) is 11.8. The number of unbranched alkanes of at least 4 members (excludes halogenated alkanes) is 1. The van der Waals surface area contributed by atoms with Crippen molar-refractivity contribution in [2.24, 2.45) is 71.0 Å². The fraction of sp³-hybridized carbons (Fsp3) is 1.00. The van der Waals surface area contributed by atoms with Crippen molar-refractivity contribution in [1.29, 1.82) is 0 Å². The summed E-state index contributed by atoms with van der Waals surface area (Å²) in [5.41, 5.74) is 0. The van der Waals surface area contributed by atoms with E-state index in [1.807, 2.05) is 0 Å². The van der Waals surface area contributed by atoms with Crippen LogP contribution < -0.4 is 0 Å². The smallest absolute Gasteiger partial charge is 0.0324 e. The fourth-order valence-corrected chi connectivity index (χ4v) is 11.2. The molecule has 0 aromatic rings. The Morgan fingerprint density at radius 3 is 1.86 bits per heavy atom. The molecule has 5 rings (SSSR count). The molecule has 12 atom stereocenters. The molecule has 5 aliphatic rings. The molecule has 0 N–H and O–H groups in total. The topological polar surface area (TPSA) is 0 Å². The SMILES string of the molecule is CC1CCCC(C2CCC(C)C2)C1.CCCCC1C(C)CC2CCCC2C1C1CCC(CC)C(CC)C1. The van der Waals surface area contributed by atoms with Gasteiger partial charge in [-0.3, -0.25) is 0 Å². The first-order chi connectivity index (χ1) is 17.9. The third-order valence-electron chi connectivity index (χ3n) is 13.2. The van der Waals surface area contributed by atoms with E-state index in [4.69, 9.17) is 0 Å². The van der Waals surface area contributed by atoms with Crippen molar-refractivity contribution < 1.29 is 0 Å². The van der Waals surface area contributed by atoms with Crippen LogP contribution in [0.25, 0.3) is 0 Å². The van der Waals surface area contributed by atoms with Gasteiger partial charge in [-0.05, 0) is 129 Å². The van der Waals surface area contributed by atoms with Gasteiger partial charge in [-0.2, -0.15) is 0 Å². The average Bonchev–Trinajstić information content (AvgIpc) is 3.56. The molecule has 37 heavy (non-hydrogen) atoms. The third-order valence-corrected chi connectivity index (χ3v) is 13.2. The summed E-state index contributed by atoms with van der Waals surface area (Å²) in [4.78, 5) is 0. The molecule has 0 bridgehead atoms. The van der Waals surface area contributed by atoms with Gasteiger partial charge in [0.25, 0.3) is 0 Å². The van der Waals surface area contributed by atoms with E-state index in [1.54, 1.807) is 57.8 Å². The Balaban J connectivity index is 0.000000207. The molecule has 5 aliphatic carbocycles. The molecule has 0 spiro atoms. The van der Waals surface area contributed by atoms with E-state index in [1.165, 1.54) is 64.2 Å². The van der Waals surface area contributed by atoms with Gasteiger partial charge in [0.15, 0.2) is 0 Å². The Bertz CT molecular complexity index is 636. The highest BCUT2D eigenvalue weighted by atomic mass is 14.5. The van der Waals surface area contributed by atoms with Crippen molar-refractivity contribution in [2.75, 3.05) is 0 Å². The minimum atomic E-state index is 1.00. The van der Waals surface area contributed by atoms with Gasteiger partial charge in [0.2, 0.25) is 0 Å². The quantitative estimate of drug-likeness (QED) is 0.318. The molecule has 0 nitrogen and oxygen atoms in total. The molecule has 5 saturated carbocycles. The van der Waals surface area contributed by atoms with Gasteiger partial charge in [0, 0.05) is 0 Å². The number of fused-ring (bicyclic) bond motifs is 1. The van der Waals surface area contributed by atoms with E-state index < -0.39 is 0 Å². The highest BCUT2D eigenvalue weighted by Gasteiger charge is 2.48. The summed E-state index contributed by atoms with van der Waals surface area (Å²) in [5.74, 6) is 12.8.